The monoisotopic (exact) mass is 764 g/mol. The van der Waals surface area contributed by atoms with E-state index in [1.165, 1.54) is 173 Å². The molecule has 0 saturated heterocycles. The highest BCUT2D eigenvalue weighted by atomic mass is 16.5. The van der Waals surface area contributed by atoms with Gasteiger partial charge in [-0.25, -0.2) is 0 Å². The predicted molar refractivity (Wildman–Crippen MR) is 232 cm³/mol. The molecule has 0 radical (unpaired) electrons. The third kappa shape index (κ3) is 40.3. The van der Waals surface area contributed by atoms with Gasteiger partial charge in [0, 0.05) is 12.8 Å². The van der Waals surface area contributed by atoms with E-state index in [0.29, 0.717) is 19.4 Å². The minimum atomic E-state index is -0.856. The third-order valence-corrected chi connectivity index (χ3v) is 11.1. The smallest absolute Gasteiger partial charge is 0.305 e. The summed E-state index contributed by atoms with van der Waals surface area (Å²) >= 11 is 0. The molecule has 0 heterocycles. The second-order valence-electron chi connectivity index (χ2n) is 16.5. The van der Waals surface area contributed by atoms with Crippen LogP contribution in [-0.4, -0.2) is 47.4 Å². The highest BCUT2D eigenvalue weighted by molar-refractivity contribution is 5.76. The Morgan fingerprint density at radius 3 is 1.26 bits per heavy atom. The van der Waals surface area contributed by atoms with Crippen molar-refractivity contribution in [3.63, 3.8) is 0 Å². The number of ether oxygens (including phenoxy) is 1. The van der Waals surface area contributed by atoms with Gasteiger partial charge < -0.3 is 20.3 Å². The maximum Gasteiger partial charge on any atom is 0.305 e. The van der Waals surface area contributed by atoms with Gasteiger partial charge in [0.25, 0.3) is 0 Å². The van der Waals surface area contributed by atoms with Gasteiger partial charge in [-0.05, 0) is 32.1 Å². The summed E-state index contributed by atoms with van der Waals surface area (Å²) in [4.78, 5) is 24.4. The van der Waals surface area contributed by atoms with Crippen LogP contribution in [0.25, 0.3) is 0 Å². The Morgan fingerprint density at radius 1 is 0.500 bits per heavy atom. The first-order valence-electron chi connectivity index (χ1n) is 24.0. The Balaban J connectivity index is 3.49. The van der Waals surface area contributed by atoms with Crippen LogP contribution in [0.4, 0.5) is 0 Å². The van der Waals surface area contributed by atoms with E-state index in [2.05, 4.69) is 19.2 Å². The summed E-state index contributed by atoms with van der Waals surface area (Å²) in [6, 6.07) is -0.642. The van der Waals surface area contributed by atoms with Crippen LogP contribution in [-0.2, 0) is 14.3 Å². The lowest BCUT2D eigenvalue weighted by molar-refractivity contribution is -0.143. The molecular formula is C48H93NO5. The van der Waals surface area contributed by atoms with E-state index in [4.69, 9.17) is 4.74 Å². The summed E-state index contributed by atoms with van der Waals surface area (Å²) in [6.07, 6.45) is 49.1. The van der Waals surface area contributed by atoms with Gasteiger partial charge >= 0.3 is 5.97 Å². The van der Waals surface area contributed by atoms with Crippen molar-refractivity contribution in [1.29, 1.82) is 0 Å². The number of hydrogen-bond acceptors (Lipinski definition) is 5. The Bertz CT molecular complexity index is 802. The second kappa shape index (κ2) is 44.3. The summed E-state index contributed by atoms with van der Waals surface area (Å²) in [5.74, 6) is -0.109. The van der Waals surface area contributed by atoms with Crippen LogP contribution >= 0.6 is 0 Å². The van der Waals surface area contributed by atoms with Gasteiger partial charge in [-0.2, -0.15) is 0 Å². The van der Waals surface area contributed by atoms with Crippen molar-refractivity contribution in [2.75, 3.05) is 13.2 Å². The van der Waals surface area contributed by atoms with Gasteiger partial charge in [-0.15, -0.1) is 0 Å². The number of aliphatic hydroxyl groups excluding tert-OH is 2. The van der Waals surface area contributed by atoms with Gasteiger partial charge in [0.1, 0.15) is 0 Å². The van der Waals surface area contributed by atoms with Crippen LogP contribution in [0, 0.1) is 0 Å². The number of nitrogens with one attached hydrogen (secondary N) is 1. The summed E-state index contributed by atoms with van der Waals surface area (Å²) in [7, 11) is 0. The zero-order chi connectivity index (χ0) is 39.4. The minimum Gasteiger partial charge on any atom is -0.466 e. The molecule has 0 spiro atoms. The van der Waals surface area contributed by atoms with E-state index >= 15 is 0 Å². The van der Waals surface area contributed by atoms with Gasteiger partial charge in [0.2, 0.25) is 5.91 Å². The van der Waals surface area contributed by atoms with Gasteiger partial charge in [-0.3, -0.25) is 9.59 Å². The number of hydrogen-bond donors (Lipinski definition) is 3. The Hall–Kier alpha value is -1.40. The normalized spacial score (nSPS) is 12.7. The van der Waals surface area contributed by atoms with Crippen LogP contribution in [0.3, 0.4) is 0 Å². The van der Waals surface area contributed by atoms with Crippen LogP contribution < -0.4 is 5.32 Å². The van der Waals surface area contributed by atoms with E-state index in [9.17, 15) is 19.8 Å². The first-order valence-corrected chi connectivity index (χ1v) is 24.0. The summed E-state index contributed by atoms with van der Waals surface area (Å²) in [5, 5.41) is 22.9. The molecule has 0 rings (SSSR count). The van der Waals surface area contributed by atoms with Crippen molar-refractivity contribution in [1.82, 2.24) is 5.32 Å². The number of aliphatic hydroxyl groups is 2. The first kappa shape index (κ1) is 52.6. The zero-order valence-corrected chi connectivity index (χ0v) is 36.2. The summed E-state index contributed by atoms with van der Waals surface area (Å²) in [5.41, 5.74) is 0. The second-order valence-corrected chi connectivity index (χ2v) is 16.5. The molecule has 0 saturated carbocycles. The fourth-order valence-electron chi connectivity index (χ4n) is 7.34. The van der Waals surface area contributed by atoms with Crippen molar-refractivity contribution in [2.45, 2.75) is 270 Å². The molecule has 0 aliphatic rings. The van der Waals surface area contributed by atoms with Crippen molar-refractivity contribution in [3.8, 4) is 0 Å². The molecule has 54 heavy (non-hydrogen) atoms. The van der Waals surface area contributed by atoms with Crippen LogP contribution in [0.5, 0.6) is 0 Å². The lowest BCUT2D eigenvalue weighted by Crippen LogP contribution is -2.45. The van der Waals surface area contributed by atoms with Crippen LogP contribution in [0.1, 0.15) is 258 Å². The molecule has 0 aromatic carbocycles. The lowest BCUT2D eigenvalue weighted by Gasteiger charge is -2.20. The van der Waals surface area contributed by atoms with E-state index in [1.54, 1.807) is 6.08 Å². The van der Waals surface area contributed by atoms with Crippen molar-refractivity contribution in [3.05, 3.63) is 12.2 Å². The van der Waals surface area contributed by atoms with Gasteiger partial charge in [0.15, 0.2) is 0 Å². The highest BCUT2D eigenvalue weighted by Crippen LogP contribution is 2.16. The number of allylic oxidation sites excluding steroid dienone is 1. The number of amides is 1. The largest absolute Gasteiger partial charge is 0.466 e. The summed E-state index contributed by atoms with van der Waals surface area (Å²) in [6.45, 7) is 4.84. The molecule has 2 unspecified atom stereocenters. The van der Waals surface area contributed by atoms with E-state index in [1.807, 2.05) is 6.08 Å². The molecule has 0 aromatic rings. The molecule has 6 nitrogen and oxygen atoms in total. The van der Waals surface area contributed by atoms with Crippen LogP contribution in [0.15, 0.2) is 12.2 Å². The van der Waals surface area contributed by atoms with Crippen LogP contribution in [0.2, 0.25) is 0 Å². The number of esters is 1. The van der Waals surface area contributed by atoms with E-state index in [-0.39, 0.29) is 18.5 Å². The maximum atomic E-state index is 12.4. The molecular weight excluding hydrogens is 671 g/mol. The van der Waals surface area contributed by atoms with Crippen molar-refractivity contribution >= 4 is 11.9 Å². The number of unbranched alkanes of at least 4 members (excludes halogenated alkanes) is 33. The van der Waals surface area contributed by atoms with Gasteiger partial charge in [0.05, 0.1) is 25.4 Å². The average Bonchev–Trinajstić information content (AvgIpc) is 3.17. The zero-order valence-electron chi connectivity index (χ0n) is 36.2. The number of rotatable bonds is 44. The molecule has 1 amide bonds. The highest BCUT2D eigenvalue weighted by Gasteiger charge is 2.18. The standard InChI is InChI=1S/C48H93NO5/c1-3-5-7-9-11-13-15-17-18-19-21-26-30-34-38-42-48(53)54-43-39-35-31-27-23-22-25-29-33-37-41-47(52)49-45(44-50)46(51)40-36-32-28-24-20-16-14-12-10-8-6-4-2/h36,40,45-46,50-51H,3-35,37-39,41-44H2,1-2H3,(H,49,52)/b40-36+. The molecule has 2 atom stereocenters. The number of carbonyl (C=O) groups is 2. The molecule has 0 aliphatic carbocycles. The van der Waals surface area contributed by atoms with E-state index in [0.717, 1.165) is 57.8 Å². The van der Waals surface area contributed by atoms with Crippen molar-refractivity contribution < 1.29 is 24.5 Å². The number of carbonyl (C=O) groups excluding carboxylic acids is 2. The quantitative estimate of drug-likeness (QED) is 0.0326. The molecule has 0 aromatic heterocycles. The average molecular weight is 764 g/mol. The molecule has 3 N–H and O–H groups in total. The third-order valence-electron chi connectivity index (χ3n) is 11.1. The van der Waals surface area contributed by atoms with Gasteiger partial charge in [-0.1, -0.05) is 225 Å². The predicted octanol–water partition coefficient (Wildman–Crippen LogP) is 13.8. The molecule has 0 bridgehead atoms. The lowest BCUT2D eigenvalue weighted by atomic mass is 10.0. The van der Waals surface area contributed by atoms with Crippen molar-refractivity contribution in [2.24, 2.45) is 0 Å². The Labute approximate surface area is 336 Å². The fraction of sp³-hybridized carbons (Fsp3) is 0.917. The minimum absolute atomic E-state index is 0.0184. The molecule has 0 aliphatic heterocycles. The molecule has 320 valence electrons. The topological polar surface area (TPSA) is 95.9 Å². The fourth-order valence-corrected chi connectivity index (χ4v) is 7.34. The van der Waals surface area contributed by atoms with E-state index < -0.39 is 12.1 Å². The maximum absolute atomic E-state index is 12.4. The SMILES string of the molecule is CCCCCCCCCCCC/C=C/C(O)C(CO)NC(=O)CCCCCCCCCCCCOC(=O)CCCCCCCCCCCCCCCCC. The molecule has 6 heteroatoms. The Kier molecular flexibility index (Phi) is 43.2. The Morgan fingerprint density at radius 2 is 0.852 bits per heavy atom. The molecule has 0 fully saturated rings. The summed E-state index contributed by atoms with van der Waals surface area (Å²) < 4.78 is 5.45. The first-order chi connectivity index (χ1) is 26.5.